The molecule has 0 aliphatic carbocycles. The Balaban J connectivity index is 1.88. The number of rotatable bonds is 6. The Morgan fingerprint density at radius 3 is 3.13 bits per heavy atom. The van der Waals surface area contributed by atoms with Crippen molar-refractivity contribution in [2.75, 3.05) is 5.32 Å². The van der Waals surface area contributed by atoms with Crippen LogP contribution in [0.15, 0.2) is 28.8 Å². The lowest BCUT2D eigenvalue weighted by atomic mass is 10.2. The van der Waals surface area contributed by atoms with Crippen molar-refractivity contribution in [3.05, 3.63) is 36.1 Å². The fourth-order valence-electron chi connectivity index (χ4n) is 2.12. The molecule has 0 atom stereocenters. The number of nitrogens with one attached hydrogen (secondary N) is 2. The zero-order valence-electron chi connectivity index (χ0n) is 12.6. The van der Waals surface area contributed by atoms with E-state index in [-0.39, 0.29) is 11.4 Å². The number of aryl methyl sites for hydroxylation is 1. The van der Waals surface area contributed by atoms with Gasteiger partial charge in [0.1, 0.15) is 17.2 Å². The molecular weight excluding hydrogens is 294 g/mol. The van der Waals surface area contributed by atoms with Crippen LogP contribution in [0.1, 0.15) is 31.5 Å². The monoisotopic (exact) mass is 309 g/mol. The van der Waals surface area contributed by atoms with E-state index < -0.39 is 0 Å². The second-order valence-electron chi connectivity index (χ2n) is 4.91. The van der Waals surface area contributed by atoms with Gasteiger partial charge in [0.05, 0.1) is 5.69 Å². The second-order valence-corrected chi connectivity index (χ2v) is 4.91. The van der Waals surface area contributed by atoms with Crippen molar-refractivity contribution in [3.8, 4) is 6.07 Å². The highest BCUT2D eigenvalue weighted by molar-refractivity contribution is 5.88. The van der Waals surface area contributed by atoms with E-state index in [1.165, 1.54) is 6.20 Å². The van der Waals surface area contributed by atoms with Gasteiger partial charge in [0.2, 0.25) is 5.82 Å². The first-order valence-electron chi connectivity index (χ1n) is 7.31. The first-order chi connectivity index (χ1) is 11.3. The number of tetrazole rings is 1. The highest BCUT2D eigenvalue weighted by Crippen LogP contribution is 2.25. The topological polar surface area (TPSA) is 116 Å². The molecule has 0 unspecified atom stereocenters. The van der Waals surface area contributed by atoms with Crippen LogP contribution in [0, 0.1) is 11.3 Å². The highest BCUT2D eigenvalue weighted by atomic mass is 16.3. The Hall–Kier alpha value is -3.21. The molecule has 116 valence electrons. The minimum absolute atomic E-state index is 0.232. The number of oxazole rings is 1. The van der Waals surface area contributed by atoms with Gasteiger partial charge in [-0.1, -0.05) is 19.4 Å². The van der Waals surface area contributed by atoms with Crippen LogP contribution in [0.4, 0.5) is 5.69 Å². The van der Waals surface area contributed by atoms with E-state index in [1.807, 2.05) is 24.3 Å². The molecule has 8 nitrogen and oxygen atoms in total. The molecule has 3 aromatic rings. The first-order valence-corrected chi connectivity index (χ1v) is 7.31. The summed E-state index contributed by atoms with van der Waals surface area (Å²) in [4.78, 5) is 4.53. The molecule has 0 radical (unpaired) electrons. The number of nitriles is 1. The van der Waals surface area contributed by atoms with Gasteiger partial charge in [-0.05, 0) is 23.8 Å². The third-order valence-electron chi connectivity index (χ3n) is 3.29. The highest BCUT2D eigenvalue weighted by Gasteiger charge is 2.10. The quantitative estimate of drug-likeness (QED) is 0.672. The number of hydrogen-bond acceptors (Lipinski definition) is 7. The molecule has 0 spiro atoms. The fourth-order valence-corrected chi connectivity index (χ4v) is 2.12. The molecule has 8 heteroatoms. The molecule has 23 heavy (non-hydrogen) atoms. The zero-order valence-corrected chi connectivity index (χ0v) is 12.6. The van der Waals surface area contributed by atoms with Crippen LogP contribution in [-0.4, -0.2) is 25.6 Å². The molecule has 0 saturated heterocycles. The number of anilines is 1. The number of aromatic nitrogens is 5. The maximum Gasteiger partial charge on any atom is 0.216 e. The van der Waals surface area contributed by atoms with Crippen LogP contribution in [0.5, 0.6) is 0 Å². The maximum absolute atomic E-state index is 9.18. The van der Waals surface area contributed by atoms with Crippen molar-refractivity contribution in [2.24, 2.45) is 0 Å². The summed E-state index contributed by atoms with van der Waals surface area (Å²) < 4.78 is 5.74. The number of aromatic amines is 1. The van der Waals surface area contributed by atoms with Crippen LogP contribution in [0.2, 0.25) is 0 Å². The molecule has 0 fully saturated rings. The van der Waals surface area contributed by atoms with Crippen molar-refractivity contribution in [3.63, 3.8) is 0 Å². The van der Waals surface area contributed by atoms with E-state index in [0.29, 0.717) is 5.58 Å². The average molecular weight is 309 g/mol. The van der Waals surface area contributed by atoms with Crippen molar-refractivity contribution in [1.29, 1.82) is 5.26 Å². The van der Waals surface area contributed by atoms with Gasteiger partial charge in [0.15, 0.2) is 11.5 Å². The number of hydrogen-bond donors (Lipinski definition) is 2. The van der Waals surface area contributed by atoms with Crippen molar-refractivity contribution in [2.45, 2.75) is 26.2 Å². The third-order valence-corrected chi connectivity index (χ3v) is 3.29. The standard InChI is InChI=1S/C15H15N7O/c1-2-3-7-13-18-14-11(5-4-6-12(14)23-13)17-9-10(8-16)15-19-21-22-20-15/h4-6,9,17H,2-3,7H2,1H3,(H,19,20,21,22). The number of H-pyrrole nitrogens is 1. The van der Waals surface area contributed by atoms with E-state index in [1.54, 1.807) is 0 Å². The van der Waals surface area contributed by atoms with E-state index in [2.05, 4.69) is 37.8 Å². The van der Waals surface area contributed by atoms with Crippen LogP contribution >= 0.6 is 0 Å². The minimum atomic E-state index is 0.232. The Bertz CT molecular complexity index is 858. The van der Waals surface area contributed by atoms with Gasteiger partial charge >= 0.3 is 0 Å². The third kappa shape index (κ3) is 3.18. The summed E-state index contributed by atoms with van der Waals surface area (Å²) in [7, 11) is 0. The average Bonchev–Trinajstić information content (AvgIpc) is 3.23. The fraction of sp³-hybridized carbons (Fsp3) is 0.267. The molecular formula is C15H15N7O. The van der Waals surface area contributed by atoms with Crippen LogP contribution < -0.4 is 5.32 Å². The van der Waals surface area contributed by atoms with Gasteiger partial charge in [-0.15, -0.1) is 10.2 Å². The number of unbranched alkanes of at least 4 members (excludes halogenated alkanes) is 1. The Morgan fingerprint density at radius 2 is 2.39 bits per heavy atom. The lowest BCUT2D eigenvalue weighted by Gasteiger charge is -2.01. The van der Waals surface area contributed by atoms with E-state index in [9.17, 15) is 5.26 Å². The Kier molecular flexibility index (Phi) is 4.29. The Labute approximate surface area is 132 Å². The minimum Gasteiger partial charge on any atom is -0.441 e. The summed E-state index contributed by atoms with van der Waals surface area (Å²) in [5, 5.41) is 25.6. The van der Waals surface area contributed by atoms with Gasteiger partial charge < -0.3 is 9.73 Å². The van der Waals surface area contributed by atoms with Gasteiger partial charge in [-0.2, -0.15) is 10.5 Å². The van der Waals surface area contributed by atoms with Crippen LogP contribution in [0.3, 0.4) is 0 Å². The summed E-state index contributed by atoms with van der Waals surface area (Å²) in [5.74, 6) is 0.953. The van der Waals surface area contributed by atoms with Gasteiger partial charge in [0.25, 0.3) is 0 Å². The molecule has 1 aromatic carbocycles. The van der Waals surface area contributed by atoms with Crippen molar-refractivity contribution in [1.82, 2.24) is 25.6 Å². The van der Waals surface area contributed by atoms with Crippen LogP contribution in [-0.2, 0) is 6.42 Å². The zero-order chi connectivity index (χ0) is 16.1. The van der Waals surface area contributed by atoms with E-state index >= 15 is 0 Å². The number of allylic oxidation sites excluding steroid dienone is 1. The largest absolute Gasteiger partial charge is 0.441 e. The van der Waals surface area contributed by atoms with Crippen LogP contribution in [0.25, 0.3) is 16.7 Å². The smallest absolute Gasteiger partial charge is 0.216 e. The normalized spacial score (nSPS) is 11.6. The number of nitrogens with zero attached hydrogens (tertiary/aromatic N) is 5. The first kappa shape index (κ1) is 14.7. The van der Waals surface area contributed by atoms with Gasteiger partial charge in [0, 0.05) is 12.6 Å². The molecule has 0 aliphatic rings. The molecule has 0 aliphatic heterocycles. The molecule has 0 bridgehead atoms. The molecule has 2 aromatic heterocycles. The Morgan fingerprint density at radius 1 is 1.48 bits per heavy atom. The molecule has 3 rings (SSSR count). The molecule has 0 amide bonds. The van der Waals surface area contributed by atoms with Crippen molar-refractivity contribution >= 4 is 22.4 Å². The summed E-state index contributed by atoms with van der Waals surface area (Å²) in [6.07, 6.45) is 4.46. The molecule has 2 heterocycles. The summed E-state index contributed by atoms with van der Waals surface area (Å²) in [6, 6.07) is 7.64. The second kappa shape index (κ2) is 6.70. The number of para-hydroxylation sites is 1. The summed E-state index contributed by atoms with van der Waals surface area (Å²) in [6.45, 7) is 2.13. The predicted octanol–water partition coefficient (Wildman–Crippen LogP) is 2.66. The van der Waals surface area contributed by atoms with E-state index in [0.717, 1.165) is 36.4 Å². The number of fused-ring (bicyclic) bond motifs is 1. The van der Waals surface area contributed by atoms with Gasteiger partial charge in [-0.3, -0.25) is 0 Å². The molecule has 0 saturated carbocycles. The van der Waals surface area contributed by atoms with Gasteiger partial charge in [-0.25, -0.2) is 4.98 Å². The number of benzene rings is 1. The van der Waals surface area contributed by atoms with Crippen molar-refractivity contribution < 1.29 is 4.42 Å². The summed E-state index contributed by atoms with van der Waals surface area (Å²) >= 11 is 0. The maximum atomic E-state index is 9.18. The van der Waals surface area contributed by atoms with E-state index in [4.69, 9.17) is 4.42 Å². The molecule has 2 N–H and O–H groups in total. The predicted molar refractivity (Wildman–Crippen MR) is 84.0 cm³/mol. The summed E-state index contributed by atoms with van der Waals surface area (Å²) in [5.41, 5.74) is 2.48. The lowest BCUT2D eigenvalue weighted by Crippen LogP contribution is -1.94. The lowest BCUT2D eigenvalue weighted by molar-refractivity contribution is 0.517. The SMILES string of the molecule is CCCCc1nc2c(NC=C(C#N)c3nn[nH]n3)cccc2o1.